The van der Waals surface area contributed by atoms with E-state index in [-0.39, 0.29) is 6.16 Å². The summed E-state index contributed by atoms with van der Waals surface area (Å²) in [5.41, 5.74) is 1.16. The second kappa shape index (κ2) is 9.09. The second-order valence-corrected chi connectivity index (χ2v) is 15.4. The highest BCUT2D eigenvalue weighted by molar-refractivity contribution is 9.26. The Kier molecular flexibility index (Phi) is 8.89. The third-order valence-electron chi connectivity index (χ3n) is 3.24. The fourth-order valence-electron chi connectivity index (χ4n) is 1.82. The Morgan fingerprint density at radius 1 is 0.958 bits per heavy atom. The van der Waals surface area contributed by atoms with Crippen LogP contribution in [0.15, 0.2) is 21.1 Å². The highest BCUT2D eigenvalue weighted by atomic mass is 79.9. The minimum atomic E-state index is -3.58. The van der Waals surface area contributed by atoms with Crippen molar-refractivity contribution in [1.29, 1.82) is 0 Å². The van der Waals surface area contributed by atoms with Gasteiger partial charge >= 0.3 is 15.2 Å². The van der Waals surface area contributed by atoms with Gasteiger partial charge in [-0.2, -0.15) is 0 Å². The number of rotatable bonds is 8. The van der Waals surface area contributed by atoms with Crippen molar-refractivity contribution in [3.8, 4) is 0 Å². The normalized spacial score (nSPS) is 13.3. The molecule has 0 aliphatic carbocycles. The van der Waals surface area contributed by atoms with Gasteiger partial charge in [-0.15, -0.1) is 0 Å². The molecule has 6 nitrogen and oxygen atoms in total. The summed E-state index contributed by atoms with van der Waals surface area (Å²) in [5.74, 6) is 0. The van der Waals surface area contributed by atoms with E-state index in [4.69, 9.17) is 18.1 Å². The molecule has 138 valence electrons. The molecule has 0 amide bonds. The van der Waals surface area contributed by atoms with Gasteiger partial charge in [0.25, 0.3) is 0 Å². The van der Waals surface area contributed by atoms with Crippen molar-refractivity contribution in [2.75, 3.05) is 28.4 Å². The molecular weight excluding hydrogens is 622 g/mol. The van der Waals surface area contributed by atoms with Crippen LogP contribution in [0.1, 0.15) is 11.1 Å². The van der Waals surface area contributed by atoms with Crippen LogP contribution in [0.2, 0.25) is 0 Å². The van der Waals surface area contributed by atoms with E-state index in [9.17, 15) is 9.13 Å². The van der Waals surface area contributed by atoms with Crippen LogP contribution in [0.25, 0.3) is 0 Å². The van der Waals surface area contributed by atoms with Gasteiger partial charge in [-0.3, -0.25) is 9.13 Å². The molecule has 12 heteroatoms. The average molecular weight is 638 g/mol. The average Bonchev–Trinajstić information content (AvgIpc) is 2.57. The maximum absolute atomic E-state index is 12.8. The maximum Gasteiger partial charge on any atom is 0.361 e. The summed E-state index contributed by atoms with van der Waals surface area (Å²) in [4.78, 5) is 0. The van der Waals surface area contributed by atoms with Gasteiger partial charge in [-0.05, 0) is 11.6 Å². The number of benzene rings is 1. The van der Waals surface area contributed by atoms with Crippen molar-refractivity contribution in [3.05, 3.63) is 32.2 Å². The molecule has 1 aromatic carbocycles. The second-order valence-electron chi connectivity index (χ2n) is 4.43. The number of hydrogen-bond acceptors (Lipinski definition) is 6. The van der Waals surface area contributed by atoms with Crippen molar-refractivity contribution < 1.29 is 27.2 Å². The highest BCUT2D eigenvalue weighted by Crippen LogP contribution is 2.72. The van der Waals surface area contributed by atoms with E-state index in [1.54, 1.807) is 12.1 Å². The molecule has 0 bridgehead atoms. The predicted molar refractivity (Wildman–Crippen MR) is 108 cm³/mol. The zero-order chi connectivity index (χ0) is 18.8. The molecule has 0 atom stereocenters. The van der Waals surface area contributed by atoms with Gasteiger partial charge in [0.1, 0.15) is 0 Å². The SMILES string of the molecule is COP(=O)(Cc1c(Br)ccc(C(Br)(Br)P(=O)(OC)OC)c1Br)OC. The summed E-state index contributed by atoms with van der Waals surface area (Å²) in [5, 5.41) is 0. The van der Waals surface area contributed by atoms with E-state index < -0.39 is 18.2 Å². The molecule has 24 heavy (non-hydrogen) atoms. The summed E-state index contributed by atoms with van der Waals surface area (Å²) < 4.78 is 45.4. The Bertz CT molecular complexity index is 680. The lowest BCUT2D eigenvalue weighted by Crippen LogP contribution is -2.14. The maximum atomic E-state index is 12.8. The first kappa shape index (κ1) is 23.5. The topological polar surface area (TPSA) is 71.1 Å². The van der Waals surface area contributed by atoms with Crippen LogP contribution in [0.3, 0.4) is 0 Å². The fourth-order valence-corrected chi connectivity index (χ4v) is 9.07. The van der Waals surface area contributed by atoms with Crippen LogP contribution in [-0.4, -0.2) is 28.4 Å². The van der Waals surface area contributed by atoms with Crippen LogP contribution in [-0.2, 0) is 36.4 Å². The lowest BCUT2D eigenvalue weighted by atomic mass is 10.1. The highest BCUT2D eigenvalue weighted by Gasteiger charge is 2.49. The zero-order valence-corrected chi connectivity index (χ0v) is 21.4. The van der Waals surface area contributed by atoms with E-state index in [2.05, 4.69) is 63.7 Å². The number of halogens is 4. The van der Waals surface area contributed by atoms with Crippen molar-refractivity contribution in [2.45, 2.75) is 9.14 Å². The predicted octanol–water partition coefficient (Wildman–Crippen LogP) is 6.58. The molecule has 0 aliphatic heterocycles. The first-order valence-corrected chi connectivity index (χ1v) is 12.7. The van der Waals surface area contributed by atoms with Crippen LogP contribution >= 0.6 is 78.9 Å². The van der Waals surface area contributed by atoms with Crippen molar-refractivity contribution in [1.82, 2.24) is 0 Å². The van der Waals surface area contributed by atoms with E-state index in [0.29, 0.717) is 20.1 Å². The minimum Gasteiger partial charge on any atom is -0.312 e. The molecule has 1 aromatic rings. The molecule has 0 fully saturated rings. The Labute approximate surface area is 174 Å². The first-order valence-electron chi connectivity index (χ1n) is 6.29. The lowest BCUT2D eigenvalue weighted by Gasteiger charge is -2.29. The van der Waals surface area contributed by atoms with Crippen molar-refractivity contribution in [2.24, 2.45) is 0 Å². The largest absolute Gasteiger partial charge is 0.361 e. The van der Waals surface area contributed by atoms with E-state index >= 15 is 0 Å². The molecule has 0 aromatic heterocycles. The Morgan fingerprint density at radius 3 is 1.88 bits per heavy atom. The molecule has 0 unspecified atom stereocenters. The van der Waals surface area contributed by atoms with Crippen LogP contribution in [0.4, 0.5) is 0 Å². The van der Waals surface area contributed by atoms with Crippen molar-refractivity contribution >= 4 is 78.9 Å². The number of alkyl halides is 2. The molecule has 0 N–H and O–H groups in total. The van der Waals surface area contributed by atoms with Gasteiger partial charge in [0.05, 0.1) is 6.16 Å². The monoisotopic (exact) mass is 634 g/mol. The molecule has 0 saturated heterocycles. The van der Waals surface area contributed by atoms with Gasteiger partial charge in [0, 0.05) is 42.9 Å². The lowest BCUT2D eigenvalue weighted by molar-refractivity contribution is 0.272. The minimum absolute atomic E-state index is 0.00928. The summed E-state index contributed by atoms with van der Waals surface area (Å²) in [6.07, 6.45) is 0.00928. The summed E-state index contributed by atoms with van der Waals surface area (Å²) in [6, 6.07) is 3.45. The third kappa shape index (κ3) is 4.64. The first-order chi connectivity index (χ1) is 11.0. The van der Waals surface area contributed by atoms with Crippen LogP contribution in [0.5, 0.6) is 0 Å². The van der Waals surface area contributed by atoms with Gasteiger partial charge < -0.3 is 18.1 Å². The van der Waals surface area contributed by atoms with Crippen molar-refractivity contribution in [3.63, 3.8) is 0 Å². The summed E-state index contributed by atoms with van der Waals surface area (Å²) >= 11 is 13.7. The molecule has 0 heterocycles. The fraction of sp³-hybridized carbons (Fsp3) is 0.500. The molecule has 0 spiro atoms. The van der Waals surface area contributed by atoms with Gasteiger partial charge in [0.15, 0.2) is 0 Å². The summed E-state index contributed by atoms with van der Waals surface area (Å²) in [6.45, 7) is 0. The summed E-state index contributed by atoms with van der Waals surface area (Å²) in [7, 11) is -1.66. The van der Waals surface area contributed by atoms with E-state index in [1.807, 2.05) is 0 Å². The van der Waals surface area contributed by atoms with Gasteiger partial charge in [-0.25, -0.2) is 0 Å². The molecular formula is C12H16Br4O6P2. The van der Waals surface area contributed by atoms with Gasteiger partial charge in [-0.1, -0.05) is 69.8 Å². The standard InChI is InChI=1S/C12H16Br4O6P2/c1-19-23(17,20-2)7-8-10(13)6-5-9(11(8)14)12(15,16)24(18,21-3)22-4/h5-6H,7H2,1-4H3. The van der Waals surface area contributed by atoms with E-state index in [1.165, 1.54) is 28.4 Å². The Hall–Kier alpha value is 1.44. The third-order valence-corrected chi connectivity index (χ3v) is 12.1. The molecule has 0 aliphatic rings. The van der Waals surface area contributed by atoms with E-state index in [0.717, 1.165) is 0 Å². The van der Waals surface area contributed by atoms with Crippen LogP contribution < -0.4 is 0 Å². The zero-order valence-electron chi connectivity index (χ0n) is 13.2. The molecule has 0 saturated carbocycles. The Balaban J connectivity index is 3.53. The number of hydrogen-bond donors (Lipinski definition) is 0. The smallest absolute Gasteiger partial charge is 0.312 e. The molecule has 0 radical (unpaired) electrons. The van der Waals surface area contributed by atoms with Crippen LogP contribution in [0, 0.1) is 0 Å². The Morgan fingerprint density at radius 2 is 1.46 bits per heavy atom. The van der Waals surface area contributed by atoms with Gasteiger partial charge in [0.2, 0.25) is 2.97 Å². The molecule has 1 rings (SSSR count). The quantitative estimate of drug-likeness (QED) is 0.237.